The SMILES string of the molecule is CCNCc1ccc(Br)cc1N(C)CC(=O)NC1CC1. The van der Waals surface area contributed by atoms with E-state index in [0.29, 0.717) is 12.6 Å². The molecule has 0 saturated heterocycles. The van der Waals surface area contributed by atoms with Gasteiger partial charge in [0.05, 0.1) is 6.54 Å². The maximum atomic E-state index is 11.9. The zero-order chi connectivity index (χ0) is 14.5. The summed E-state index contributed by atoms with van der Waals surface area (Å²) >= 11 is 3.50. The van der Waals surface area contributed by atoms with Gasteiger partial charge in [0.25, 0.3) is 0 Å². The molecule has 1 saturated carbocycles. The molecule has 2 rings (SSSR count). The summed E-state index contributed by atoms with van der Waals surface area (Å²) in [7, 11) is 1.96. The lowest BCUT2D eigenvalue weighted by molar-refractivity contribution is -0.119. The molecule has 5 heteroatoms. The van der Waals surface area contributed by atoms with Crippen molar-refractivity contribution in [1.29, 1.82) is 0 Å². The molecule has 1 aliphatic carbocycles. The van der Waals surface area contributed by atoms with Crippen molar-refractivity contribution < 1.29 is 4.79 Å². The second kappa shape index (κ2) is 7.09. The molecule has 0 bridgehead atoms. The number of halogens is 1. The van der Waals surface area contributed by atoms with Gasteiger partial charge in [0.1, 0.15) is 0 Å². The first-order chi connectivity index (χ1) is 9.60. The van der Waals surface area contributed by atoms with E-state index in [0.717, 1.165) is 36.1 Å². The maximum Gasteiger partial charge on any atom is 0.239 e. The van der Waals surface area contributed by atoms with E-state index < -0.39 is 0 Å². The highest BCUT2D eigenvalue weighted by atomic mass is 79.9. The van der Waals surface area contributed by atoms with Crippen molar-refractivity contribution in [3.63, 3.8) is 0 Å². The van der Waals surface area contributed by atoms with Crippen LogP contribution in [0.2, 0.25) is 0 Å². The van der Waals surface area contributed by atoms with Gasteiger partial charge in [-0.15, -0.1) is 0 Å². The minimum absolute atomic E-state index is 0.101. The monoisotopic (exact) mass is 339 g/mol. The highest BCUT2D eigenvalue weighted by Crippen LogP contribution is 2.24. The average Bonchev–Trinajstić information content (AvgIpc) is 3.20. The molecule has 0 spiro atoms. The van der Waals surface area contributed by atoms with Gasteiger partial charge in [0, 0.05) is 29.8 Å². The molecule has 1 aromatic rings. The fourth-order valence-corrected chi connectivity index (χ4v) is 2.45. The molecule has 0 aliphatic heterocycles. The molecule has 4 nitrogen and oxygen atoms in total. The van der Waals surface area contributed by atoms with Gasteiger partial charge in [0.15, 0.2) is 0 Å². The van der Waals surface area contributed by atoms with Crippen molar-refractivity contribution in [3.05, 3.63) is 28.2 Å². The van der Waals surface area contributed by atoms with Crippen LogP contribution in [0, 0.1) is 0 Å². The zero-order valence-electron chi connectivity index (χ0n) is 12.1. The van der Waals surface area contributed by atoms with Gasteiger partial charge < -0.3 is 15.5 Å². The summed E-state index contributed by atoms with van der Waals surface area (Å²) in [6.45, 7) is 4.23. The molecule has 1 aliphatic rings. The summed E-state index contributed by atoms with van der Waals surface area (Å²) in [6, 6.07) is 6.61. The van der Waals surface area contributed by atoms with E-state index in [1.54, 1.807) is 0 Å². The van der Waals surface area contributed by atoms with Crippen LogP contribution in [0.4, 0.5) is 5.69 Å². The third kappa shape index (κ3) is 4.49. The van der Waals surface area contributed by atoms with Crippen LogP contribution in [0.1, 0.15) is 25.3 Å². The third-order valence-electron chi connectivity index (χ3n) is 3.35. The molecule has 0 aromatic heterocycles. The summed E-state index contributed by atoms with van der Waals surface area (Å²) in [5.41, 5.74) is 2.29. The van der Waals surface area contributed by atoms with Crippen LogP contribution in [0.25, 0.3) is 0 Å². The van der Waals surface area contributed by atoms with Gasteiger partial charge >= 0.3 is 0 Å². The number of nitrogens with one attached hydrogen (secondary N) is 2. The Labute approximate surface area is 129 Å². The van der Waals surface area contributed by atoms with Crippen LogP contribution in [0.15, 0.2) is 22.7 Å². The van der Waals surface area contributed by atoms with E-state index in [9.17, 15) is 4.79 Å². The van der Waals surface area contributed by atoms with Crippen LogP contribution in [-0.2, 0) is 11.3 Å². The molecule has 0 atom stereocenters. The number of nitrogens with zero attached hydrogens (tertiary/aromatic N) is 1. The smallest absolute Gasteiger partial charge is 0.239 e. The zero-order valence-corrected chi connectivity index (χ0v) is 13.7. The number of benzene rings is 1. The summed E-state index contributed by atoms with van der Waals surface area (Å²) in [5, 5.41) is 6.36. The normalized spacial score (nSPS) is 14.2. The van der Waals surface area contributed by atoms with Gasteiger partial charge in [-0.05, 0) is 37.1 Å². The molecule has 20 heavy (non-hydrogen) atoms. The first-order valence-corrected chi connectivity index (χ1v) is 7.89. The predicted octanol–water partition coefficient (Wildman–Crippen LogP) is 2.27. The number of rotatable bonds is 7. The first kappa shape index (κ1) is 15.3. The lowest BCUT2D eigenvalue weighted by atomic mass is 10.1. The number of carbonyl (C=O) groups excluding carboxylic acids is 1. The first-order valence-electron chi connectivity index (χ1n) is 7.09. The van der Waals surface area contributed by atoms with Crippen LogP contribution in [-0.4, -0.2) is 32.1 Å². The fraction of sp³-hybridized carbons (Fsp3) is 0.533. The van der Waals surface area contributed by atoms with E-state index in [4.69, 9.17) is 0 Å². The second-order valence-corrected chi connectivity index (χ2v) is 6.17. The number of carbonyl (C=O) groups is 1. The van der Waals surface area contributed by atoms with E-state index in [-0.39, 0.29) is 5.91 Å². The van der Waals surface area contributed by atoms with Crippen LogP contribution >= 0.6 is 15.9 Å². The summed E-state index contributed by atoms with van der Waals surface area (Å²) in [4.78, 5) is 13.9. The topological polar surface area (TPSA) is 44.4 Å². The molecule has 1 amide bonds. The molecule has 0 radical (unpaired) electrons. The highest BCUT2D eigenvalue weighted by molar-refractivity contribution is 9.10. The second-order valence-electron chi connectivity index (χ2n) is 5.25. The average molecular weight is 340 g/mol. The molecular weight excluding hydrogens is 318 g/mol. The molecule has 1 aromatic carbocycles. The van der Waals surface area contributed by atoms with Crippen molar-refractivity contribution in [2.24, 2.45) is 0 Å². The lowest BCUT2D eigenvalue weighted by Gasteiger charge is -2.22. The Balaban J connectivity index is 2.03. The van der Waals surface area contributed by atoms with E-state index in [2.05, 4.69) is 45.6 Å². The van der Waals surface area contributed by atoms with Gasteiger partial charge in [-0.25, -0.2) is 0 Å². The van der Waals surface area contributed by atoms with Crippen LogP contribution in [0.3, 0.4) is 0 Å². The standard InChI is InChI=1S/C15H22BrN3O/c1-3-17-9-11-4-5-12(16)8-14(11)19(2)10-15(20)18-13-6-7-13/h4-5,8,13,17H,3,6-7,9-10H2,1-2H3,(H,18,20). The van der Waals surface area contributed by atoms with Crippen molar-refractivity contribution in [3.8, 4) is 0 Å². The number of anilines is 1. The summed E-state index contributed by atoms with van der Waals surface area (Å²) < 4.78 is 1.03. The molecule has 1 fully saturated rings. The largest absolute Gasteiger partial charge is 0.365 e. The maximum absolute atomic E-state index is 11.9. The van der Waals surface area contributed by atoms with Crippen molar-refractivity contribution in [1.82, 2.24) is 10.6 Å². The number of hydrogen-bond donors (Lipinski definition) is 2. The Hall–Kier alpha value is -1.07. The van der Waals surface area contributed by atoms with Crippen molar-refractivity contribution in [2.45, 2.75) is 32.4 Å². The van der Waals surface area contributed by atoms with E-state index in [1.165, 1.54) is 5.56 Å². The molecule has 2 N–H and O–H groups in total. The van der Waals surface area contributed by atoms with E-state index in [1.807, 2.05) is 18.0 Å². The van der Waals surface area contributed by atoms with Gasteiger partial charge in [-0.1, -0.05) is 28.9 Å². The Kier molecular flexibility index (Phi) is 5.43. The molecular formula is C15H22BrN3O. The van der Waals surface area contributed by atoms with Crippen LogP contribution in [0.5, 0.6) is 0 Å². The van der Waals surface area contributed by atoms with Crippen LogP contribution < -0.4 is 15.5 Å². The Morgan fingerprint density at radius 2 is 2.20 bits per heavy atom. The third-order valence-corrected chi connectivity index (χ3v) is 3.84. The number of hydrogen-bond acceptors (Lipinski definition) is 3. The van der Waals surface area contributed by atoms with Crippen molar-refractivity contribution in [2.75, 3.05) is 25.0 Å². The molecule has 0 heterocycles. The van der Waals surface area contributed by atoms with E-state index >= 15 is 0 Å². The lowest BCUT2D eigenvalue weighted by Crippen LogP contribution is -2.36. The summed E-state index contributed by atoms with van der Waals surface area (Å²) in [5.74, 6) is 0.101. The quantitative estimate of drug-likeness (QED) is 0.800. The molecule has 110 valence electrons. The minimum Gasteiger partial charge on any atom is -0.365 e. The Morgan fingerprint density at radius 3 is 2.85 bits per heavy atom. The Bertz CT molecular complexity index is 474. The highest BCUT2D eigenvalue weighted by Gasteiger charge is 2.23. The van der Waals surface area contributed by atoms with Gasteiger partial charge in [-0.3, -0.25) is 4.79 Å². The van der Waals surface area contributed by atoms with Gasteiger partial charge in [0.2, 0.25) is 5.91 Å². The fourth-order valence-electron chi connectivity index (χ4n) is 2.10. The van der Waals surface area contributed by atoms with Crippen molar-refractivity contribution >= 4 is 27.5 Å². The summed E-state index contributed by atoms with van der Waals surface area (Å²) in [6.07, 6.45) is 2.25. The number of amides is 1. The molecule has 0 unspecified atom stereocenters. The predicted molar refractivity (Wildman–Crippen MR) is 86.0 cm³/mol. The minimum atomic E-state index is 0.101. The number of likely N-dealkylation sites (N-methyl/N-ethyl adjacent to an activating group) is 1. The Morgan fingerprint density at radius 1 is 1.45 bits per heavy atom. The van der Waals surface area contributed by atoms with Gasteiger partial charge in [-0.2, -0.15) is 0 Å².